The fourth-order valence-corrected chi connectivity index (χ4v) is 4.04. The van der Waals surface area contributed by atoms with Gasteiger partial charge in [-0.2, -0.15) is 0 Å². The number of hydrogen-bond donors (Lipinski definition) is 0. The predicted octanol–water partition coefficient (Wildman–Crippen LogP) is 4.92. The quantitative estimate of drug-likeness (QED) is 0.391. The van der Waals surface area contributed by atoms with Crippen molar-refractivity contribution < 1.29 is 4.79 Å². The Balaban J connectivity index is 1.70. The Kier molecular flexibility index (Phi) is 6.75. The SMILES string of the molecule is CCN(CC)c1ccc(-c2nnc(SCC(=O)c3ccc(C)c(C)c3)n2C)cc1. The molecule has 0 aliphatic rings. The van der Waals surface area contributed by atoms with Gasteiger partial charge in [-0.15, -0.1) is 10.2 Å². The van der Waals surface area contributed by atoms with Crippen molar-refractivity contribution in [3.05, 3.63) is 59.2 Å². The first-order chi connectivity index (χ1) is 13.9. The van der Waals surface area contributed by atoms with Crippen LogP contribution in [0, 0.1) is 13.8 Å². The lowest BCUT2D eigenvalue weighted by Crippen LogP contribution is -2.21. The number of carbonyl (C=O) groups is 1. The fraction of sp³-hybridized carbons (Fsp3) is 0.348. The molecule has 3 rings (SSSR count). The molecule has 0 saturated carbocycles. The average molecular weight is 409 g/mol. The smallest absolute Gasteiger partial charge is 0.191 e. The molecular formula is C23H28N4OS. The van der Waals surface area contributed by atoms with Gasteiger partial charge in [0.25, 0.3) is 0 Å². The maximum atomic E-state index is 12.5. The Morgan fingerprint density at radius 2 is 1.69 bits per heavy atom. The van der Waals surface area contributed by atoms with Crippen molar-refractivity contribution in [1.82, 2.24) is 14.8 Å². The second-order valence-corrected chi connectivity index (χ2v) is 8.04. The van der Waals surface area contributed by atoms with Crippen LogP contribution in [-0.2, 0) is 7.05 Å². The monoisotopic (exact) mass is 408 g/mol. The summed E-state index contributed by atoms with van der Waals surface area (Å²) in [4.78, 5) is 14.9. The van der Waals surface area contributed by atoms with Crippen molar-refractivity contribution in [3.63, 3.8) is 0 Å². The number of anilines is 1. The lowest BCUT2D eigenvalue weighted by Gasteiger charge is -2.21. The van der Waals surface area contributed by atoms with Crippen molar-refractivity contribution in [1.29, 1.82) is 0 Å². The molecule has 0 unspecified atom stereocenters. The largest absolute Gasteiger partial charge is 0.372 e. The van der Waals surface area contributed by atoms with E-state index >= 15 is 0 Å². The molecule has 0 aliphatic carbocycles. The molecule has 3 aromatic rings. The standard InChI is InChI=1S/C23H28N4OS/c1-6-27(7-2)20-12-10-18(11-13-20)22-24-25-23(26(22)5)29-15-21(28)19-9-8-16(3)17(4)14-19/h8-14H,6-7,15H2,1-5H3. The number of ketones is 1. The number of hydrogen-bond acceptors (Lipinski definition) is 5. The molecule has 0 N–H and O–H groups in total. The minimum absolute atomic E-state index is 0.103. The number of aromatic nitrogens is 3. The topological polar surface area (TPSA) is 51.0 Å². The van der Waals surface area contributed by atoms with E-state index in [0.717, 1.165) is 40.8 Å². The first-order valence-electron chi connectivity index (χ1n) is 9.92. The lowest BCUT2D eigenvalue weighted by molar-refractivity contribution is 0.102. The Morgan fingerprint density at radius 1 is 1.00 bits per heavy atom. The number of rotatable bonds is 8. The van der Waals surface area contributed by atoms with E-state index in [4.69, 9.17) is 0 Å². The molecule has 5 nitrogen and oxygen atoms in total. The molecule has 0 bridgehead atoms. The number of nitrogens with zero attached hydrogens (tertiary/aromatic N) is 4. The minimum atomic E-state index is 0.103. The van der Waals surface area contributed by atoms with Crippen molar-refractivity contribution in [2.75, 3.05) is 23.7 Å². The van der Waals surface area contributed by atoms with Crippen molar-refractivity contribution in [3.8, 4) is 11.4 Å². The van der Waals surface area contributed by atoms with Gasteiger partial charge in [0.05, 0.1) is 5.75 Å². The second-order valence-electron chi connectivity index (χ2n) is 7.10. The first-order valence-corrected chi connectivity index (χ1v) is 10.9. The van der Waals surface area contributed by atoms with Crippen LogP contribution in [0.5, 0.6) is 0 Å². The van der Waals surface area contributed by atoms with Gasteiger partial charge < -0.3 is 9.47 Å². The summed E-state index contributed by atoms with van der Waals surface area (Å²) in [5.74, 6) is 1.25. The summed E-state index contributed by atoms with van der Waals surface area (Å²) in [6, 6.07) is 14.2. The molecule has 0 atom stereocenters. The summed E-state index contributed by atoms with van der Waals surface area (Å²) in [5, 5.41) is 9.38. The van der Waals surface area contributed by atoms with Crippen LogP contribution in [0.1, 0.15) is 35.3 Å². The fourth-order valence-electron chi connectivity index (χ4n) is 3.23. The van der Waals surface area contributed by atoms with Crippen LogP contribution < -0.4 is 4.90 Å². The molecule has 0 spiro atoms. The molecule has 152 valence electrons. The van der Waals surface area contributed by atoms with Gasteiger partial charge in [-0.1, -0.05) is 23.9 Å². The maximum absolute atomic E-state index is 12.5. The Bertz CT molecular complexity index is 991. The Morgan fingerprint density at radius 3 is 2.31 bits per heavy atom. The second kappa shape index (κ2) is 9.27. The zero-order chi connectivity index (χ0) is 21.0. The molecule has 0 saturated heterocycles. The molecule has 1 heterocycles. The highest BCUT2D eigenvalue weighted by Gasteiger charge is 2.14. The summed E-state index contributed by atoms with van der Waals surface area (Å²) in [6.45, 7) is 10.4. The number of Topliss-reactive ketones (excluding diaryl/α,β-unsaturated/α-hetero) is 1. The van der Waals surface area contributed by atoms with Crippen LogP contribution in [0.4, 0.5) is 5.69 Å². The number of thioether (sulfide) groups is 1. The van der Waals surface area contributed by atoms with E-state index < -0.39 is 0 Å². The van der Waals surface area contributed by atoms with Gasteiger partial charge >= 0.3 is 0 Å². The number of benzene rings is 2. The highest BCUT2D eigenvalue weighted by atomic mass is 32.2. The summed E-state index contributed by atoms with van der Waals surface area (Å²) in [5.41, 5.74) is 5.29. The zero-order valence-corrected chi connectivity index (χ0v) is 18.6. The van der Waals surface area contributed by atoms with E-state index in [9.17, 15) is 4.79 Å². The van der Waals surface area contributed by atoms with Gasteiger partial charge in [0, 0.05) is 37.0 Å². The number of carbonyl (C=O) groups excluding carboxylic acids is 1. The lowest BCUT2D eigenvalue weighted by atomic mass is 10.0. The van der Waals surface area contributed by atoms with E-state index in [2.05, 4.69) is 53.2 Å². The predicted molar refractivity (Wildman–Crippen MR) is 121 cm³/mol. The molecule has 1 aromatic heterocycles. The van der Waals surface area contributed by atoms with Gasteiger partial charge in [-0.3, -0.25) is 4.79 Å². The first kappa shape index (κ1) is 21.1. The highest BCUT2D eigenvalue weighted by Crippen LogP contribution is 2.25. The molecule has 29 heavy (non-hydrogen) atoms. The van der Waals surface area contributed by atoms with Gasteiger partial charge in [0.1, 0.15) is 0 Å². The van der Waals surface area contributed by atoms with Crippen LogP contribution in [0.2, 0.25) is 0 Å². The van der Waals surface area contributed by atoms with Crippen LogP contribution in [-0.4, -0.2) is 39.4 Å². The van der Waals surface area contributed by atoms with Crippen LogP contribution in [0.25, 0.3) is 11.4 Å². The van der Waals surface area contributed by atoms with Crippen molar-refractivity contribution in [2.24, 2.45) is 7.05 Å². The molecule has 0 aliphatic heterocycles. The molecule has 0 radical (unpaired) electrons. The maximum Gasteiger partial charge on any atom is 0.191 e. The third-order valence-corrected chi connectivity index (χ3v) is 6.27. The minimum Gasteiger partial charge on any atom is -0.372 e. The molecule has 0 amide bonds. The van der Waals surface area contributed by atoms with E-state index in [1.165, 1.54) is 23.0 Å². The van der Waals surface area contributed by atoms with Gasteiger partial charge in [-0.25, -0.2) is 0 Å². The van der Waals surface area contributed by atoms with Gasteiger partial charge in [0.15, 0.2) is 16.8 Å². The highest BCUT2D eigenvalue weighted by molar-refractivity contribution is 7.99. The summed E-state index contributed by atoms with van der Waals surface area (Å²) in [7, 11) is 1.94. The Labute approximate surface area is 177 Å². The summed E-state index contributed by atoms with van der Waals surface area (Å²) >= 11 is 1.42. The van der Waals surface area contributed by atoms with Gasteiger partial charge in [-0.05, 0) is 69.2 Å². The van der Waals surface area contributed by atoms with Crippen LogP contribution >= 0.6 is 11.8 Å². The van der Waals surface area contributed by atoms with E-state index in [0.29, 0.717) is 5.75 Å². The van der Waals surface area contributed by atoms with Crippen LogP contribution in [0.15, 0.2) is 47.6 Å². The third kappa shape index (κ3) is 4.70. The normalized spacial score (nSPS) is 10.9. The zero-order valence-electron chi connectivity index (χ0n) is 17.8. The number of aryl methyl sites for hydroxylation is 2. The van der Waals surface area contributed by atoms with E-state index in [1.54, 1.807) is 0 Å². The molecule has 6 heteroatoms. The molecule has 2 aromatic carbocycles. The summed E-state index contributed by atoms with van der Waals surface area (Å²) in [6.07, 6.45) is 0. The molecular weight excluding hydrogens is 380 g/mol. The van der Waals surface area contributed by atoms with Gasteiger partial charge in [0.2, 0.25) is 0 Å². The average Bonchev–Trinajstić information content (AvgIpc) is 3.10. The van der Waals surface area contributed by atoms with Crippen molar-refractivity contribution in [2.45, 2.75) is 32.9 Å². The van der Waals surface area contributed by atoms with Crippen molar-refractivity contribution >= 4 is 23.2 Å². The molecule has 0 fully saturated rings. The van der Waals surface area contributed by atoms with E-state index in [-0.39, 0.29) is 5.78 Å². The Hall–Kier alpha value is -2.60. The van der Waals surface area contributed by atoms with E-state index in [1.807, 2.05) is 43.7 Å². The van der Waals surface area contributed by atoms with Crippen LogP contribution in [0.3, 0.4) is 0 Å². The summed E-state index contributed by atoms with van der Waals surface area (Å²) < 4.78 is 1.95. The third-order valence-electron chi connectivity index (χ3n) is 5.25.